The van der Waals surface area contributed by atoms with E-state index in [2.05, 4.69) is 0 Å². The first-order valence-corrected chi connectivity index (χ1v) is 7.04. The first-order chi connectivity index (χ1) is 8.82. The van der Waals surface area contributed by atoms with Gasteiger partial charge in [0.15, 0.2) is 0 Å². The number of carbonyl (C=O) groups is 1. The number of hydrogen-bond donors (Lipinski definition) is 1. The molecule has 1 rings (SSSR count). The van der Waals surface area contributed by atoms with Gasteiger partial charge in [-0.2, -0.15) is 0 Å². The fraction of sp³-hybridized carbons (Fsp3) is 0.462. The van der Waals surface area contributed by atoms with E-state index >= 15 is 0 Å². The van der Waals surface area contributed by atoms with Crippen LogP contribution < -0.4 is 4.31 Å². The highest BCUT2D eigenvalue weighted by Crippen LogP contribution is 2.23. The molecule has 2 unspecified atom stereocenters. The van der Waals surface area contributed by atoms with Crippen molar-refractivity contribution in [2.45, 2.75) is 33.2 Å². The topological polar surface area (TPSA) is 80.7 Å². The molecule has 0 spiro atoms. The Morgan fingerprint density at radius 2 is 2.11 bits per heavy atom. The second kappa shape index (κ2) is 6.68. The van der Waals surface area contributed by atoms with Crippen LogP contribution in [0, 0.1) is 12.8 Å². The summed E-state index contributed by atoms with van der Waals surface area (Å²) >= 11 is -2.63. The van der Waals surface area contributed by atoms with Gasteiger partial charge >= 0.3 is 5.97 Å². The van der Waals surface area contributed by atoms with Crippen molar-refractivity contribution in [1.82, 2.24) is 0 Å². The molecule has 5 nitrogen and oxygen atoms in total. The molecule has 1 N–H and O–H groups in total. The molecule has 0 fully saturated rings. The number of anilines is 1. The Balaban J connectivity index is 3.17. The smallest absolute Gasteiger partial charge is 0.327 e. The molecular formula is C13H18NO4S-. The van der Waals surface area contributed by atoms with Crippen LogP contribution in [0.25, 0.3) is 0 Å². The van der Waals surface area contributed by atoms with Gasteiger partial charge in [0, 0.05) is 17.0 Å². The second-order valence-electron chi connectivity index (χ2n) is 4.87. The van der Waals surface area contributed by atoms with Crippen LogP contribution in [0.4, 0.5) is 5.69 Å². The summed E-state index contributed by atoms with van der Waals surface area (Å²) in [5.41, 5.74) is 1.25. The van der Waals surface area contributed by atoms with E-state index in [9.17, 15) is 18.7 Å². The zero-order valence-corrected chi connectivity index (χ0v) is 12.0. The molecular weight excluding hydrogens is 266 g/mol. The number of nitrogens with zero attached hydrogens (tertiary/aromatic N) is 1. The third-order valence-corrected chi connectivity index (χ3v) is 3.47. The highest BCUT2D eigenvalue weighted by Gasteiger charge is 2.27. The first kappa shape index (κ1) is 15.7. The summed E-state index contributed by atoms with van der Waals surface area (Å²) in [6, 6.07) is 5.71. The molecule has 0 aromatic heterocycles. The Hall–Kier alpha value is -1.40. The number of rotatable bonds is 6. The van der Waals surface area contributed by atoms with Crippen molar-refractivity contribution >= 4 is 22.9 Å². The Morgan fingerprint density at radius 3 is 2.53 bits per heavy atom. The quantitative estimate of drug-likeness (QED) is 0.811. The van der Waals surface area contributed by atoms with Gasteiger partial charge in [-0.3, -0.25) is 8.51 Å². The van der Waals surface area contributed by atoms with Crippen LogP contribution in [0.3, 0.4) is 0 Å². The van der Waals surface area contributed by atoms with Crippen LogP contribution in [0.5, 0.6) is 0 Å². The molecule has 0 heterocycles. The lowest BCUT2D eigenvalue weighted by Gasteiger charge is -2.33. The molecule has 0 bridgehead atoms. The molecule has 0 aliphatic rings. The summed E-state index contributed by atoms with van der Waals surface area (Å²) in [6.07, 6.45) is 0.261. The number of aliphatic carboxylic acids is 1. The number of carboxylic acid groups (broad SMARTS) is 1. The fourth-order valence-corrected chi connectivity index (χ4v) is 2.55. The molecule has 0 radical (unpaired) electrons. The van der Waals surface area contributed by atoms with Crippen molar-refractivity contribution < 1.29 is 18.7 Å². The summed E-state index contributed by atoms with van der Waals surface area (Å²) in [6.45, 7) is 5.55. The SMILES string of the molecule is Cc1cccc(N(C(CC(C)C)C(=O)O)S(=O)[O-])c1. The van der Waals surface area contributed by atoms with Gasteiger partial charge in [-0.15, -0.1) is 0 Å². The maximum Gasteiger partial charge on any atom is 0.327 e. The van der Waals surface area contributed by atoms with Gasteiger partial charge in [0.1, 0.15) is 6.04 Å². The molecule has 0 aliphatic heterocycles. The van der Waals surface area contributed by atoms with E-state index in [0.717, 1.165) is 9.87 Å². The predicted molar refractivity (Wildman–Crippen MR) is 73.5 cm³/mol. The van der Waals surface area contributed by atoms with E-state index in [1.807, 2.05) is 26.8 Å². The molecule has 0 saturated carbocycles. The fourth-order valence-electron chi connectivity index (χ4n) is 1.88. The van der Waals surface area contributed by atoms with Crippen molar-refractivity contribution in [2.75, 3.05) is 4.31 Å². The average molecular weight is 284 g/mol. The van der Waals surface area contributed by atoms with Crippen LogP contribution in [-0.4, -0.2) is 25.9 Å². The highest BCUT2D eigenvalue weighted by molar-refractivity contribution is 7.80. The highest BCUT2D eigenvalue weighted by atomic mass is 32.2. The Morgan fingerprint density at radius 1 is 1.47 bits per heavy atom. The number of carboxylic acids is 1. The molecule has 0 saturated heterocycles. The zero-order chi connectivity index (χ0) is 14.6. The number of aryl methyl sites for hydroxylation is 1. The van der Waals surface area contributed by atoms with E-state index in [1.165, 1.54) is 0 Å². The van der Waals surface area contributed by atoms with Gasteiger partial charge < -0.3 is 9.66 Å². The van der Waals surface area contributed by atoms with E-state index in [1.54, 1.807) is 18.2 Å². The van der Waals surface area contributed by atoms with Crippen molar-refractivity contribution in [3.63, 3.8) is 0 Å². The van der Waals surface area contributed by atoms with Crippen LogP contribution in [0.1, 0.15) is 25.8 Å². The third kappa shape index (κ3) is 4.33. The number of benzene rings is 1. The second-order valence-corrected chi connectivity index (χ2v) is 5.69. The molecule has 1 aromatic rings. The van der Waals surface area contributed by atoms with E-state index < -0.39 is 23.3 Å². The Labute approximate surface area is 115 Å². The maximum absolute atomic E-state index is 11.4. The summed E-state index contributed by atoms with van der Waals surface area (Å²) < 4.78 is 23.7. The third-order valence-electron chi connectivity index (χ3n) is 2.68. The summed E-state index contributed by atoms with van der Waals surface area (Å²) in [4.78, 5) is 11.3. The molecule has 1 aromatic carbocycles. The Kier molecular flexibility index (Phi) is 5.50. The van der Waals surface area contributed by atoms with Gasteiger partial charge in [0.05, 0.1) is 0 Å². The maximum atomic E-state index is 11.4. The predicted octanol–water partition coefficient (Wildman–Crippen LogP) is 2.09. The first-order valence-electron chi connectivity index (χ1n) is 6.01. The van der Waals surface area contributed by atoms with Gasteiger partial charge in [-0.25, -0.2) is 4.79 Å². The lowest BCUT2D eigenvalue weighted by molar-refractivity contribution is -0.138. The van der Waals surface area contributed by atoms with Crippen LogP contribution in [-0.2, 0) is 16.1 Å². The minimum Gasteiger partial charge on any atom is -0.755 e. The molecule has 0 amide bonds. The number of hydrogen-bond acceptors (Lipinski definition) is 3. The van der Waals surface area contributed by atoms with Crippen molar-refractivity contribution in [1.29, 1.82) is 0 Å². The van der Waals surface area contributed by atoms with Crippen molar-refractivity contribution in [3.05, 3.63) is 29.8 Å². The van der Waals surface area contributed by atoms with E-state index in [0.29, 0.717) is 5.69 Å². The normalized spacial score (nSPS) is 14.2. The minimum absolute atomic E-state index is 0.0805. The van der Waals surface area contributed by atoms with Crippen LogP contribution in [0.15, 0.2) is 24.3 Å². The van der Waals surface area contributed by atoms with Crippen LogP contribution in [0.2, 0.25) is 0 Å². The average Bonchev–Trinajstić information content (AvgIpc) is 2.27. The van der Waals surface area contributed by atoms with Gasteiger partial charge in [0.2, 0.25) is 0 Å². The van der Waals surface area contributed by atoms with Crippen molar-refractivity contribution in [3.8, 4) is 0 Å². The molecule has 0 aliphatic carbocycles. The molecule has 19 heavy (non-hydrogen) atoms. The standard InChI is InChI=1S/C13H19NO4S/c1-9(2)7-12(13(15)16)14(19(17)18)11-6-4-5-10(3)8-11/h4-6,8-9,12H,7H2,1-3H3,(H,15,16)(H,17,18)/p-1. The van der Waals surface area contributed by atoms with E-state index in [4.69, 9.17) is 0 Å². The molecule has 6 heteroatoms. The largest absolute Gasteiger partial charge is 0.755 e. The van der Waals surface area contributed by atoms with Gasteiger partial charge in [0.25, 0.3) is 0 Å². The van der Waals surface area contributed by atoms with Crippen LogP contribution >= 0.6 is 0 Å². The monoisotopic (exact) mass is 284 g/mol. The minimum atomic E-state index is -2.63. The molecule has 2 atom stereocenters. The van der Waals surface area contributed by atoms with Gasteiger partial charge in [-0.05, 0) is 37.0 Å². The zero-order valence-electron chi connectivity index (χ0n) is 11.2. The lowest BCUT2D eigenvalue weighted by atomic mass is 10.0. The molecule has 106 valence electrons. The Bertz CT molecular complexity index is 475. The summed E-state index contributed by atoms with van der Waals surface area (Å²) in [5.74, 6) is -1.06. The lowest BCUT2D eigenvalue weighted by Crippen LogP contribution is -2.43. The van der Waals surface area contributed by atoms with Crippen molar-refractivity contribution in [2.24, 2.45) is 5.92 Å². The van der Waals surface area contributed by atoms with Gasteiger partial charge in [-0.1, -0.05) is 26.0 Å². The summed E-state index contributed by atoms with van der Waals surface area (Å²) in [5, 5.41) is 9.26. The summed E-state index contributed by atoms with van der Waals surface area (Å²) in [7, 11) is 0. The van der Waals surface area contributed by atoms with E-state index in [-0.39, 0.29) is 12.3 Å².